The van der Waals surface area contributed by atoms with Gasteiger partial charge in [-0.1, -0.05) is 30.3 Å². The molecule has 7 nitrogen and oxygen atoms in total. The van der Waals surface area contributed by atoms with E-state index in [9.17, 15) is 9.59 Å². The number of H-pyrrole nitrogens is 1. The highest BCUT2D eigenvalue weighted by Gasteiger charge is 2.25. The molecule has 32 heavy (non-hydrogen) atoms. The molecule has 0 unspecified atom stereocenters. The first-order valence-corrected chi connectivity index (χ1v) is 11.5. The second-order valence-electron chi connectivity index (χ2n) is 7.88. The van der Waals surface area contributed by atoms with Crippen LogP contribution < -0.4 is 0 Å². The Kier molecular flexibility index (Phi) is 5.68. The summed E-state index contributed by atoms with van der Waals surface area (Å²) in [5, 5.41) is 2.99. The van der Waals surface area contributed by atoms with Crippen LogP contribution in [0.1, 0.15) is 26.6 Å². The van der Waals surface area contributed by atoms with E-state index in [1.54, 1.807) is 23.7 Å². The summed E-state index contributed by atoms with van der Waals surface area (Å²) in [5.41, 5.74) is 4.35. The number of aromatic nitrogens is 3. The maximum atomic E-state index is 12.9. The first-order chi connectivity index (χ1) is 15.7. The maximum Gasteiger partial charge on any atom is 0.254 e. The van der Waals surface area contributed by atoms with Crippen LogP contribution in [0.4, 0.5) is 0 Å². The molecule has 5 rings (SSSR count). The third kappa shape index (κ3) is 4.40. The Bertz CT molecular complexity index is 1240. The molecule has 2 amide bonds. The van der Waals surface area contributed by atoms with Crippen LogP contribution >= 0.6 is 11.3 Å². The summed E-state index contributed by atoms with van der Waals surface area (Å²) in [7, 11) is 0. The predicted octanol–water partition coefficient (Wildman–Crippen LogP) is 3.14. The Hall–Kier alpha value is -3.52. The lowest BCUT2D eigenvalue weighted by Crippen LogP contribution is -2.51. The number of thiazole rings is 1. The van der Waals surface area contributed by atoms with Crippen molar-refractivity contribution < 1.29 is 9.59 Å². The van der Waals surface area contributed by atoms with Gasteiger partial charge in [0.2, 0.25) is 5.91 Å². The number of piperazine rings is 1. The molecule has 3 heterocycles. The highest BCUT2D eigenvalue weighted by Crippen LogP contribution is 2.17. The number of hydrogen-bond donors (Lipinski definition) is 1. The van der Waals surface area contributed by atoms with Gasteiger partial charge in [-0.2, -0.15) is 0 Å². The van der Waals surface area contributed by atoms with E-state index in [0.29, 0.717) is 38.2 Å². The Morgan fingerprint density at radius 3 is 2.59 bits per heavy atom. The van der Waals surface area contributed by atoms with Crippen molar-refractivity contribution in [1.29, 1.82) is 0 Å². The molecule has 1 N–H and O–H groups in total. The number of hydrogen-bond acceptors (Lipinski definition) is 5. The van der Waals surface area contributed by atoms with Crippen LogP contribution in [0.2, 0.25) is 0 Å². The quantitative estimate of drug-likeness (QED) is 0.512. The van der Waals surface area contributed by atoms with Gasteiger partial charge < -0.3 is 14.8 Å². The van der Waals surface area contributed by atoms with E-state index >= 15 is 0 Å². The fourth-order valence-corrected chi connectivity index (χ4v) is 4.79. The minimum absolute atomic E-state index is 0.0151. The van der Waals surface area contributed by atoms with Crippen molar-refractivity contribution in [2.45, 2.75) is 12.8 Å². The first-order valence-electron chi connectivity index (χ1n) is 10.6. The Balaban J connectivity index is 1.15. The molecule has 8 heteroatoms. The molecule has 1 aliphatic rings. The van der Waals surface area contributed by atoms with E-state index in [-0.39, 0.29) is 11.8 Å². The SMILES string of the molecule is O=C(Cc1csc(Cc2ccccc2)n1)N1CCN(C(=O)c2ccc3nc[nH]c3c2)CC1. The van der Waals surface area contributed by atoms with Crippen LogP contribution in [0.25, 0.3) is 11.0 Å². The molecule has 2 aromatic carbocycles. The van der Waals surface area contributed by atoms with Gasteiger partial charge in [0.1, 0.15) is 0 Å². The number of fused-ring (bicyclic) bond motifs is 1. The van der Waals surface area contributed by atoms with E-state index < -0.39 is 0 Å². The number of carbonyl (C=O) groups is 2. The molecular formula is C24H23N5O2S. The third-order valence-electron chi connectivity index (χ3n) is 5.72. The van der Waals surface area contributed by atoms with Gasteiger partial charge in [0, 0.05) is 43.5 Å². The smallest absolute Gasteiger partial charge is 0.254 e. The molecular weight excluding hydrogens is 422 g/mol. The molecule has 0 saturated carbocycles. The van der Waals surface area contributed by atoms with Gasteiger partial charge in [0.25, 0.3) is 5.91 Å². The topological polar surface area (TPSA) is 82.2 Å². The molecule has 1 fully saturated rings. The zero-order valence-corrected chi connectivity index (χ0v) is 18.3. The summed E-state index contributed by atoms with van der Waals surface area (Å²) in [5.74, 6) is 0.0474. The highest BCUT2D eigenvalue weighted by molar-refractivity contribution is 7.09. The van der Waals surface area contributed by atoms with Crippen LogP contribution in [0.3, 0.4) is 0 Å². The van der Waals surface area contributed by atoms with Crippen LogP contribution in [0.5, 0.6) is 0 Å². The Morgan fingerprint density at radius 1 is 1.00 bits per heavy atom. The summed E-state index contributed by atoms with van der Waals surface area (Å²) in [4.78, 5) is 41.1. The fourth-order valence-electron chi connectivity index (χ4n) is 3.96. The van der Waals surface area contributed by atoms with Crippen molar-refractivity contribution in [3.8, 4) is 0 Å². The average molecular weight is 446 g/mol. The standard InChI is InChI=1S/C24H23N5O2S/c30-23(14-19-15-32-22(27-19)12-17-4-2-1-3-5-17)28-8-10-29(11-9-28)24(31)18-6-7-20-21(13-18)26-16-25-20/h1-7,13,15-16H,8-12,14H2,(H,25,26). The van der Waals surface area contributed by atoms with E-state index in [0.717, 1.165) is 28.2 Å². The summed E-state index contributed by atoms with van der Waals surface area (Å²) >= 11 is 1.59. The number of aromatic amines is 1. The minimum Gasteiger partial charge on any atom is -0.345 e. The third-order valence-corrected chi connectivity index (χ3v) is 6.61. The number of carbonyl (C=O) groups excluding carboxylic acids is 2. The second kappa shape index (κ2) is 8.92. The lowest BCUT2D eigenvalue weighted by Gasteiger charge is -2.34. The lowest BCUT2D eigenvalue weighted by molar-refractivity contribution is -0.132. The van der Waals surface area contributed by atoms with Gasteiger partial charge >= 0.3 is 0 Å². The van der Waals surface area contributed by atoms with Crippen molar-refractivity contribution in [2.75, 3.05) is 26.2 Å². The van der Waals surface area contributed by atoms with Crippen molar-refractivity contribution in [2.24, 2.45) is 0 Å². The molecule has 0 radical (unpaired) electrons. The molecule has 4 aromatic rings. The summed E-state index contributed by atoms with van der Waals surface area (Å²) in [6.07, 6.45) is 2.71. The fraction of sp³-hybridized carbons (Fsp3) is 0.250. The van der Waals surface area contributed by atoms with Gasteiger partial charge in [-0.05, 0) is 23.8 Å². The Labute approximate surface area is 189 Å². The monoisotopic (exact) mass is 445 g/mol. The summed E-state index contributed by atoms with van der Waals surface area (Å²) < 4.78 is 0. The predicted molar refractivity (Wildman–Crippen MR) is 124 cm³/mol. The van der Waals surface area contributed by atoms with Gasteiger partial charge in [-0.15, -0.1) is 11.3 Å². The van der Waals surface area contributed by atoms with Crippen LogP contribution in [0.15, 0.2) is 60.2 Å². The van der Waals surface area contributed by atoms with E-state index in [4.69, 9.17) is 0 Å². The molecule has 1 aliphatic heterocycles. The number of nitrogens with zero attached hydrogens (tertiary/aromatic N) is 4. The van der Waals surface area contributed by atoms with Crippen molar-refractivity contribution in [1.82, 2.24) is 24.8 Å². The lowest BCUT2D eigenvalue weighted by atomic mass is 10.1. The second-order valence-corrected chi connectivity index (χ2v) is 8.82. The Morgan fingerprint density at radius 2 is 1.78 bits per heavy atom. The molecule has 162 valence electrons. The van der Waals surface area contributed by atoms with Crippen molar-refractivity contribution in [3.05, 3.63) is 82.1 Å². The summed E-state index contributed by atoms with van der Waals surface area (Å²) in [6.45, 7) is 2.14. The first kappa shape index (κ1) is 20.4. The van der Waals surface area contributed by atoms with Gasteiger partial charge in [-0.25, -0.2) is 9.97 Å². The van der Waals surface area contributed by atoms with Crippen molar-refractivity contribution in [3.63, 3.8) is 0 Å². The normalized spacial score (nSPS) is 14.1. The number of benzene rings is 2. The van der Waals surface area contributed by atoms with Crippen LogP contribution in [-0.4, -0.2) is 62.7 Å². The van der Waals surface area contributed by atoms with E-state index in [1.807, 2.05) is 45.5 Å². The minimum atomic E-state index is -0.0151. The zero-order valence-electron chi connectivity index (χ0n) is 17.5. The van der Waals surface area contributed by atoms with Crippen molar-refractivity contribution >= 4 is 34.2 Å². The van der Waals surface area contributed by atoms with E-state index in [2.05, 4.69) is 27.1 Å². The molecule has 0 atom stereocenters. The summed E-state index contributed by atoms with van der Waals surface area (Å²) in [6, 6.07) is 15.7. The molecule has 1 saturated heterocycles. The van der Waals surface area contributed by atoms with Crippen LogP contribution in [-0.2, 0) is 17.6 Å². The molecule has 2 aromatic heterocycles. The number of nitrogens with one attached hydrogen (secondary N) is 1. The maximum absolute atomic E-state index is 12.9. The van der Waals surface area contributed by atoms with Gasteiger partial charge in [0.15, 0.2) is 0 Å². The molecule has 0 bridgehead atoms. The van der Waals surface area contributed by atoms with E-state index in [1.165, 1.54) is 5.56 Å². The number of rotatable bonds is 5. The largest absolute Gasteiger partial charge is 0.345 e. The van der Waals surface area contributed by atoms with Gasteiger partial charge in [-0.3, -0.25) is 9.59 Å². The molecule has 0 aliphatic carbocycles. The molecule has 0 spiro atoms. The number of amides is 2. The highest BCUT2D eigenvalue weighted by atomic mass is 32.1. The van der Waals surface area contributed by atoms with Gasteiger partial charge in [0.05, 0.1) is 34.5 Å². The zero-order chi connectivity index (χ0) is 21.9. The van der Waals surface area contributed by atoms with Crippen LogP contribution in [0, 0.1) is 0 Å². The average Bonchev–Trinajstić information content (AvgIpc) is 3.48. The number of imidazole rings is 1.